The Morgan fingerprint density at radius 2 is 2.37 bits per heavy atom. The first kappa shape index (κ1) is 14.8. The van der Waals surface area contributed by atoms with Crippen LogP contribution in [0, 0.1) is 0 Å². The number of halogens is 2. The molecule has 0 unspecified atom stereocenters. The van der Waals surface area contributed by atoms with Crippen LogP contribution in [0.25, 0.3) is 0 Å². The van der Waals surface area contributed by atoms with Crippen LogP contribution in [-0.2, 0) is 4.79 Å². The zero-order chi connectivity index (χ0) is 13.8. The van der Waals surface area contributed by atoms with E-state index in [1.807, 2.05) is 6.07 Å². The molecule has 0 radical (unpaired) electrons. The maximum atomic E-state index is 12.1. The number of carbonyl (C=O) groups is 1. The standard InChI is InChI=1S/C11H9BrClN3OS2/c1-16(9-3-2-7(12)4-8(9)13)10(17)5-18-11-15-14-6-19-11/h2-4,6H,5H2,1H3. The molecule has 0 aliphatic carbocycles. The largest absolute Gasteiger partial charge is 0.313 e. The van der Waals surface area contributed by atoms with Crippen molar-refractivity contribution in [1.82, 2.24) is 10.2 Å². The van der Waals surface area contributed by atoms with E-state index in [1.54, 1.807) is 29.6 Å². The van der Waals surface area contributed by atoms with Gasteiger partial charge in [-0.2, -0.15) is 0 Å². The molecule has 1 amide bonds. The number of thioether (sulfide) groups is 1. The van der Waals surface area contributed by atoms with Gasteiger partial charge in [-0.25, -0.2) is 0 Å². The molecule has 2 aromatic rings. The zero-order valence-electron chi connectivity index (χ0n) is 9.84. The lowest BCUT2D eigenvalue weighted by atomic mass is 10.3. The van der Waals surface area contributed by atoms with E-state index in [0.29, 0.717) is 16.5 Å². The van der Waals surface area contributed by atoms with Crippen LogP contribution < -0.4 is 4.90 Å². The van der Waals surface area contributed by atoms with Gasteiger partial charge in [-0.1, -0.05) is 50.6 Å². The van der Waals surface area contributed by atoms with Crippen molar-refractivity contribution in [3.63, 3.8) is 0 Å². The van der Waals surface area contributed by atoms with E-state index in [2.05, 4.69) is 26.1 Å². The van der Waals surface area contributed by atoms with Crippen LogP contribution in [-0.4, -0.2) is 28.9 Å². The first-order chi connectivity index (χ1) is 9.08. The summed E-state index contributed by atoms with van der Waals surface area (Å²) in [4.78, 5) is 13.6. The fourth-order valence-electron chi connectivity index (χ4n) is 1.33. The lowest BCUT2D eigenvalue weighted by Gasteiger charge is -2.18. The minimum Gasteiger partial charge on any atom is -0.313 e. The normalized spacial score (nSPS) is 10.5. The molecule has 1 aromatic heterocycles. The third-order valence-electron chi connectivity index (χ3n) is 2.30. The van der Waals surface area contributed by atoms with Crippen molar-refractivity contribution in [2.24, 2.45) is 0 Å². The molecule has 0 spiro atoms. The van der Waals surface area contributed by atoms with Gasteiger partial charge in [0.15, 0.2) is 4.34 Å². The molecule has 0 aliphatic heterocycles. The highest BCUT2D eigenvalue weighted by Crippen LogP contribution is 2.29. The summed E-state index contributed by atoms with van der Waals surface area (Å²) in [5.74, 6) is 0.266. The number of anilines is 1. The summed E-state index contributed by atoms with van der Waals surface area (Å²) >= 11 is 12.2. The first-order valence-electron chi connectivity index (χ1n) is 5.18. The lowest BCUT2D eigenvalue weighted by Crippen LogP contribution is -2.28. The molecule has 19 heavy (non-hydrogen) atoms. The van der Waals surface area contributed by atoms with Crippen molar-refractivity contribution in [3.8, 4) is 0 Å². The Morgan fingerprint density at radius 1 is 1.58 bits per heavy atom. The third-order valence-corrected chi connectivity index (χ3v) is 4.95. The van der Waals surface area contributed by atoms with E-state index in [0.717, 1.165) is 8.81 Å². The van der Waals surface area contributed by atoms with Gasteiger partial charge in [0.05, 0.1) is 16.5 Å². The highest BCUT2D eigenvalue weighted by atomic mass is 79.9. The van der Waals surface area contributed by atoms with Crippen molar-refractivity contribution in [2.75, 3.05) is 17.7 Å². The third kappa shape index (κ3) is 3.92. The van der Waals surface area contributed by atoms with E-state index in [-0.39, 0.29) is 5.91 Å². The minimum absolute atomic E-state index is 0.0376. The van der Waals surface area contributed by atoms with E-state index in [1.165, 1.54) is 23.1 Å². The second kappa shape index (κ2) is 6.69. The van der Waals surface area contributed by atoms with Crippen LogP contribution in [0.4, 0.5) is 5.69 Å². The lowest BCUT2D eigenvalue weighted by molar-refractivity contribution is -0.115. The maximum Gasteiger partial charge on any atom is 0.237 e. The summed E-state index contributed by atoms with van der Waals surface area (Å²) in [6, 6.07) is 5.42. The summed E-state index contributed by atoms with van der Waals surface area (Å²) in [5.41, 5.74) is 2.33. The monoisotopic (exact) mass is 377 g/mol. The van der Waals surface area contributed by atoms with Gasteiger partial charge in [-0.05, 0) is 18.2 Å². The Bertz CT molecular complexity index is 579. The van der Waals surface area contributed by atoms with Crippen LogP contribution in [0.15, 0.2) is 32.5 Å². The Hall–Kier alpha value is -0.630. The molecule has 4 nitrogen and oxygen atoms in total. The Labute approximate surface area is 132 Å². The Balaban J connectivity index is 2.02. The second-order valence-electron chi connectivity index (χ2n) is 3.54. The average Bonchev–Trinajstić information content (AvgIpc) is 2.88. The van der Waals surface area contributed by atoms with Gasteiger partial charge < -0.3 is 4.90 Å². The predicted molar refractivity (Wildman–Crippen MR) is 83.2 cm³/mol. The molecule has 8 heteroatoms. The molecule has 0 N–H and O–H groups in total. The first-order valence-corrected chi connectivity index (χ1v) is 8.22. The van der Waals surface area contributed by atoms with Gasteiger partial charge in [0, 0.05) is 11.5 Å². The summed E-state index contributed by atoms with van der Waals surface area (Å²) < 4.78 is 1.66. The van der Waals surface area contributed by atoms with Crippen molar-refractivity contribution in [1.29, 1.82) is 0 Å². The number of benzene rings is 1. The highest BCUT2D eigenvalue weighted by Gasteiger charge is 2.15. The smallest absolute Gasteiger partial charge is 0.237 e. The van der Waals surface area contributed by atoms with E-state index >= 15 is 0 Å². The zero-order valence-corrected chi connectivity index (χ0v) is 13.8. The molecule has 0 saturated heterocycles. The van der Waals surface area contributed by atoms with Crippen molar-refractivity contribution >= 4 is 62.2 Å². The maximum absolute atomic E-state index is 12.1. The number of carbonyl (C=O) groups excluding carboxylic acids is 1. The average molecular weight is 379 g/mol. The SMILES string of the molecule is CN(C(=O)CSc1nncs1)c1ccc(Br)cc1Cl. The molecule has 100 valence electrons. The number of hydrogen-bond donors (Lipinski definition) is 0. The van der Waals surface area contributed by atoms with Crippen LogP contribution in [0.1, 0.15) is 0 Å². The summed E-state index contributed by atoms with van der Waals surface area (Å²) in [7, 11) is 1.71. The van der Waals surface area contributed by atoms with E-state index in [4.69, 9.17) is 11.6 Å². The van der Waals surface area contributed by atoms with Crippen molar-refractivity contribution in [3.05, 3.63) is 33.2 Å². The number of amides is 1. The van der Waals surface area contributed by atoms with Gasteiger partial charge in [0.25, 0.3) is 0 Å². The summed E-state index contributed by atoms with van der Waals surface area (Å²) in [6.45, 7) is 0. The van der Waals surface area contributed by atoms with Gasteiger partial charge in [-0.3, -0.25) is 4.79 Å². The molecule has 0 fully saturated rings. The molecule has 0 atom stereocenters. The van der Waals surface area contributed by atoms with Gasteiger partial charge in [-0.15, -0.1) is 10.2 Å². The molecule has 0 saturated carbocycles. The Kier molecular flexibility index (Phi) is 5.20. The van der Waals surface area contributed by atoms with E-state index < -0.39 is 0 Å². The van der Waals surface area contributed by atoms with Crippen molar-refractivity contribution < 1.29 is 4.79 Å². The van der Waals surface area contributed by atoms with Crippen molar-refractivity contribution in [2.45, 2.75) is 4.34 Å². The molecule has 0 aliphatic rings. The molecular weight excluding hydrogens is 370 g/mol. The molecule has 2 rings (SSSR count). The van der Waals surface area contributed by atoms with Crippen LogP contribution in [0.5, 0.6) is 0 Å². The van der Waals surface area contributed by atoms with Crippen LogP contribution in [0.3, 0.4) is 0 Å². The molecule has 1 aromatic carbocycles. The number of aromatic nitrogens is 2. The van der Waals surface area contributed by atoms with Crippen LogP contribution >= 0.6 is 50.6 Å². The Morgan fingerprint density at radius 3 is 3.00 bits per heavy atom. The van der Waals surface area contributed by atoms with Gasteiger partial charge in [0.2, 0.25) is 5.91 Å². The fraction of sp³-hybridized carbons (Fsp3) is 0.182. The fourth-order valence-corrected chi connectivity index (χ4v) is 3.54. The summed E-state index contributed by atoms with van der Waals surface area (Å²) in [6.07, 6.45) is 0. The number of nitrogens with zero attached hydrogens (tertiary/aromatic N) is 3. The molecular formula is C11H9BrClN3OS2. The van der Waals surface area contributed by atoms with Gasteiger partial charge in [0.1, 0.15) is 5.51 Å². The second-order valence-corrected chi connectivity index (χ2v) is 6.92. The topological polar surface area (TPSA) is 46.1 Å². The number of hydrogen-bond acceptors (Lipinski definition) is 5. The van der Waals surface area contributed by atoms with Gasteiger partial charge >= 0.3 is 0 Å². The quantitative estimate of drug-likeness (QED) is 0.761. The molecule has 1 heterocycles. The van der Waals surface area contributed by atoms with E-state index in [9.17, 15) is 4.79 Å². The predicted octanol–water partition coefficient (Wildman–Crippen LogP) is 3.71. The molecule has 0 bridgehead atoms. The highest BCUT2D eigenvalue weighted by molar-refractivity contribution is 9.10. The minimum atomic E-state index is -0.0376. The number of rotatable bonds is 4. The van der Waals surface area contributed by atoms with Crippen LogP contribution in [0.2, 0.25) is 5.02 Å². The summed E-state index contributed by atoms with van der Waals surface area (Å²) in [5, 5.41) is 8.13.